The van der Waals surface area contributed by atoms with Crippen LogP contribution in [0.2, 0.25) is 0 Å². The van der Waals surface area contributed by atoms with E-state index in [1.54, 1.807) is 0 Å². The van der Waals surface area contributed by atoms with Gasteiger partial charge in [-0.2, -0.15) is 0 Å². The minimum atomic E-state index is -0.369. The van der Waals surface area contributed by atoms with Gasteiger partial charge in [0.15, 0.2) is 0 Å². The molecule has 1 saturated carbocycles. The van der Waals surface area contributed by atoms with E-state index < -0.39 is 0 Å². The third kappa shape index (κ3) is 4.27. The topological polar surface area (TPSA) is 72.2 Å². The third-order valence-electron chi connectivity index (χ3n) is 5.94. The molecule has 4 nitrogen and oxygen atoms in total. The molecule has 0 radical (unpaired) electrons. The van der Waals surface area contributed by atoms with Crippen LogP contribution in [0.4, 0.5) is 0 Å². The first kappa shape index (κ1) is 20.1. The van der Waals surface area contributed by atoms with Crippen LogP contribution in [0.25, 0.3) is 0 Å². The van der Waals surface area contributed by atoms with Crippen molar-refractivity contribution in [3.63, 3.8) is 0 Å². The molecule has 1 aliphatic carbocycles. The number of hydrogen-bond acceptors (Lipinski definition) is 2. The van der Waals surface area contributed by atoms with Crippen LogP contribution >= 0.6 is 0 Å². The van der Waals surface area contributed by atoms with Gasteiger partial charge in [-0.3, -0.25) is 9.59 Å². The first-order valence-electron chi connectivity index (χ1n) is 10.1. The third-order valence-corrected chi connectivity index (χ3v) is 5.94. The highest BCUT2D eigenvalue weighted by atomic mass is 16.2. The molecule has 0 aliphatic heterocycles. The Hall–Kier alpha value is -2.62. The predicted octanol–water partition coefficient (Wildman–Crippen LogP) is 4.23. The van der Waals surface area contributed by atoms with Crippen LogP contribution in [-0.2, 0) is 9.59 Å². The zero-order valence-corrected chi connectivity index (χ0v) is 16.9. The molecule has 2 amide bonds. The number of primary amides is 1. The summed E-state index contributed by atoms with van der Waals surface area (Å²) in [5.41, 5.74) is 10.0. The molecule has 4 heteroatoms. The molecule has 2 aromatic rings. The van der Waals surface area contributed by atoms with E-state index in [0.29, 0.717) is 18.8 Å². The monoisotopic (exact) mass is 378 g/mol. The quantitative estimate of drug-likeness (QED) is 0.790. The summed E-state index contributed by atoms with van der Waals surface area (Å²) in [7, 11) is 0. The molecule has 1 fully saturated rings. The summed E-state index contributed by atoms with van der Waals surface area (Å²) in [5.74, 6) is -0.691. The lowest BCUT2D eigenvalue weighted by Crippen LogP contribution is -2.39. The fourth-order valence-electron chi connectivity index (χ4n) is 4.19. The maximum absolute atomic E-state index is 13.1. The van der Waals surface area contributed by atoms with Crippen molar-refractivity contribution in [2.24, 2.45) is 17.6 Å². The van der Waals surface area contributed by atoms with Crippen LogP contribution in [0.15, 0.2) is 48.5 Å². The van der Waals surface area contributed by atoms with E-state index in [1.807, 2.05) is 12.1 Å². The van der Waals surface area contributed by atoms with Crippen LogP contribution in [0.5, 0.6) is 0 Å². The van der Waals surface area contributed by atoms with Gasteiger partial charge in [0.2, 0.25) is 11.8 Å². The molecule has 0 aromatic heterocycles. The van der Waals surface area contributed by atoms with Gasteiger partial charge < -0.3 is 11.1 Å². The van der Waals surface area contributed by atoms with Crippen molar-refractivity contribution in [3.05, 3.63) is 70.8 Å². The SMILES string of the molecule is Cc1ccccc1[C@H](NC(=O)[C@@H]1CCC[C@@H]1C(N)=O)c1ccc(C(C)C)cc1. The number of hydrogen-bond donors (Lipinski definition) is 2. The normalized spacial score (nSPS) is 20.1. The number of amides is 2. The molecule has 0 heterocycles. The summed E-state index contributed by atoms with van der Waals surface area (Å²) in [6.07, 6.45) is 2.28. The maximum atomic E-state index is 13.1. The van der Waals surface area contributed by atoms with Crippen molar-refractivity contribution in [2.45, 2.75) is 52.0 Å². The van der Waals surface area contributed by atoms with Gasteiger partial charge in [0.25, 0.3) is 0 Å². The first-order chi connectivity index (χ1) is 13.4. The van der Waals surface area contributed by atoms with Crippen molar-refractivity contribution < 1.29 is 9.59 Å². The second-order valence-electron chi connectivity index (χ2n) is 8.17. The summed E-state index contributed by atoms with van der Waals surface area (Å²) >= 11 is 0. The Labute approximate surface area is 167 Å². The van der Waals surface area contributed by atoms with Gasteiger partial charge in [-0.25, -0.2) is 0 Å². The second-order valence-corrected chi connectivity index (χ2v) is 8.17. The highest BCUT2D eigenvalue weighted by Gasteiger charge is 2.37. The number of nitrogens with two attached hydrogens (primary N) is 1. The Bertz CT molecular complexity index is 842. The standard InChI is InChI=1S/C24H30N2O2/c1-15(2)17-11-13-18(14-12-17)22(19-8-5-4-7-16(19)3)26-24(28)21-10-6-9-20(21)23(25)27/h4-5,7-8,11-15,20-22H,6,9-10H2,1-3H3,(H2,25,27)(H,26,28)/t20-,21+,22+/m0/s1. The van der Waals surface area contributed by atoms with Gasteiger partial charge in [0, 0.05) is 11.8 Å². The number of carbonyl (C=O) groups is 2. The van der Waals surface area contributed by atoms with E-state index >= 15 is 0 Å². The Morgan fingerprint density at radius 2 is 1.57 bits per heavy atom. The Morgan fingerprint density at radius 3 is 2.18 bits per heavy atom. The summed E-state index contributed by atoms with van der Waals surface area (Å²) < 4.78 is 0. The van der Waals surface area contributed by atoms with E-state index in [-0.39, 0.29) is 29.7 Å². The Morgan fingerprint density at radius 1 is 0.964 bits per heavy atom. The molecule has 2 aromatic carbocycles. The lowest BCUT2D eigenvalue weighted by atomic mass is 9.90. The van der Waals surface area contributed by atoms with Gasteiger partial charge in [-0.15, -0.1) is 0 Å². The highest BCUT2D eigenvalue weighted by Crippen LogP contribution is 2.33. The lowest BCUT2D eigenvalue weighted by molar-refractivity contribution is -0.132. The molecule has 148 valence electrons. The fourth-order valence-corrected chi connectivity index (χ4v) is 4.19. The first-order valence-corrected chi connectivity index (χ1v) is 10.1. The average molecular weight is 379 g/mol. The zero-order chi connectivity index (χ0) is 20.3. The highest BCUT2D eigenvalue weighted by molar-refractivity contribution is 5.87. The van der Waals surface area contributed by atoms with E-state index in [0.717, 1.165) is 23.1 Å². The van der Waals surface area contributed by atoms with Crippen LogP contribution in [-0.4, -0.2) is 11.8 Å². The minimum absolute atomic E-state index is 0.0810. The number of aryl methyl sites for hydroxylation is 1. The van der Waals surface area contributed by atoms with Crippen molar-refractivity contribution in [3.8, 4) is 0 Å². The molecular formula is C24H30N2O2. The molecule has 0 saturated heterocycles. The lowest BCUT2D eigenvalue weighted by Gasteiger charge is -2.25. The Kier molecular flexibility index (Phi) is 6.18. The minimum Gasteiger partial charge on any atom is -0.369 e. The predicted molar refractivity (Wildman–Crippen MR) is 112 cm³/mol. The summed E-state index contributed by atoms with van der Waals surface area (Å²) in [4.78, 5) is 24.8. The van der Waals surface area contributed by atoms with Crippen molar-refractivity contribution in [2.75, 3.05) is 0 Å². The van der Waals surface area contributed by atoms with Gasteiger partial charge in [0.05, 0.1) is 6.04 Å². The molecule has 3 rings (SSSR count). The molecule has 0 spiro atoms. The van der Waals surface area contributed by atoms with Gasteiger partial charge in [0.1, 0.15) is 0 Å². The molecule has 3 N–H and O–H groups in total. The van der Waals surface area contributed by atoms with Crippen LogP contribution in [0.3, 0.4) is 0 Å². The molecule has 3 atom stereocenters. The second kappa shape index (κ2) is 8.59. The maximum Gasteiger partial charge on any atom is 0.224 e. The summed E-state index contributed by atoms with van der Waals surface area (Å²) in [5, 5.41) is 3.22. The fraction of sp³-hybridized carbons (Fsp3) is 0.417. The van der Waals surface area contributed by atoms with Crippen molar-refractivity contribution >= 4 is 11.8 Å². The molecule has 0 bridgehead atoms. The summed E-state index contributed by atoms with van der Waals surface area (Å²) in [6.45, 7) is 6.39. The Balaban J connectivity index is 1.92. The summed E-state index contributed by atoms with van der Waals surface area (Å²) in [6, 6.07) is 16.3. The molecule has 0 unspecified atom stereocenters. The smallest absolute Gasteiger partial charge is 0.224 e. The number of nitrogens with one attached hydrogen (secondary N) is 1. The van der Waals surface area contributed by atoms with E-state index in [9.17, 15) is 9.59 Å². The number of benzene rings is 2. The van der Waals surface area contributed by atoms with Crippen LogP contribution < -0.4 is 11.1 Å². The van der Waals surface area contributed by atoms with Gasteiger partial charge >= 0.3 is 0 Å². The molecular weight excluding hydrogens is 348 g/mol. The van der Waals surface area contributed by atoms with E-state index in [2.05, 4.69) is 62.5 Å². The average Bonchev–Trinajstić information content (AvgIpc) is 3.17. The van der Waals surface area contributed by atoms with Crippen molar-refractivity contribution in [1.29, 1.82) is 0 Å². The van der Waals surface area contributed by atoms with E-state index in [4.69, 9.17) is 5.73 Å². The number of rotatable bonds is 6. The van der Waals surface area contributed by atoms with E-state index in [1.165, 1.54) is 5.56 Å². The van der Waals surface area contributed by atoms with Crippen molar-refractivity contribution in [1.82, 2.24) is 5.32 Å². The van der Waals surface area contributed by atoms with Crippen LogP contribution in [0, 0.1) is 18.8 Å². The van der Waals surface area contributed by atoms with Crippen LogP contribution in [0.1, 0.15) is 67.3 Å². The largest absolute Gasteiger partial charge is 0.369 e. The number of carbonyl (C=O) groups excluding carboxylic acids is 2. The van der Waals surface area contributed by atoms with Gasteiger partial charge in [-0.1, -0.05) is 68.8 Å². The molecule has 28 heavy (non-hydrogen) atoms. The van der Waals surface area contributed by atoms with Gasteiger partial charge in [-0.05, 0) is 47.9 Å². The zero-order valence-electron chi connectivity index (χ0n) is 16.9. The molecule has 1 aliphatic rings.